The van der Waals surface area contributed by atoms with E-state index in [9.17, 15) is 9.59 Å². The highest BCUT2D eigenvalue weighted by Gasteiger charge is 2.22. The number of fused-ring (bicyclic) bond motifs is 1. The van der Waals surface area contributed by atoms with Crippen LogP contribution >= 0.6 is 0 Å². The maximum atomic E-state index is 12.8. The lowest BCUT2D eigenvalue weighted by molar-refractivity contribution is -0.119. The molecule has 5 heteroatoms. The van der Waals surface area contributed by atoms with Crippen LogP contribution in [0.4, 0.5) is 0 Å². The molecule has 0 saturated carbocycles. The number of carbonyl (C=O) groups excluding carboxylic acids is 2. The SMILES string of the molecule is Cc1cccc(C)c1C[C@H](NC(=O)c1ccnc2ccccc12)C(N)=O. The van der Waals surface area contributed by atoms with Gasteiger partial charge in [0.25, 0.3) is 5.91 Å². The van der Waals surface area contributed by atoms with Crippen molar-refractivity contribution >= 4 is 22.7 Å². The summed E-state index contributed by atoms with van der Waals surface area (Å²) < 4.78 is 0. The van der Waals surface area contributed by atoms with Crippen molar-refractivity contribution in [3.05, 3.63) is 77.0 Å². The molecule has 0 aliphatic carbocycles. The first-order valence-corrected chi connectivity index (χ1v) is 8.46. The summed E-state index contributed by atoms with van der Waals surface area (Å²) in [6, 6.07) is 14.2. The number of hydrogen-bond donors (Lipinski definition) is 2. The Hall–Kier alpha value is -3.21. The second-order valence-corrected chi connectivity index (χ2v) is 6.38. The maximum Gasteiger partial charge on any atom is 0.252 e. The van der Waals surface area contributed by atoms with E-state index in [4.69, 9.17) is 5.73 Å². The molecule has 3 N–H and O–H groups in total. The highest BCUT2D eigenvalue weighted by molar-refractivity contribution is 6.07. The molecule has 1 heterocycles. The summed E-state index contributed by atoms with van der Waals surface area (Å²) in [5.41, 5.74) is 9.92. The van der Waals surface area contributed by atoms with Crippen LogP contribution in [0.2, 0.25) is 0 Å². The van der Waals surface area contributed by atoms with Gasteiger partial charge in [0, 0.05) is 18.0 Å². The fourth-order valence-electron chi connectivity index (χ4n) is 3.13. The van der Waals surface area contributed by atoms with Crippen molar-refractivity contribution in [1.82, 2.24) is 10.3 Å². The van der Waals surface area contributed by atoms with Gasteiger partial charge in [-0.25, -0.2) is 0 Å². The number of hydrogen-bond acceptors (Lipinski definition) is 3. The van der Waals surface area contributed by atoms with Crippen molar-refractivity contribution in [3.8, 4) is 0 Å². The number of primary amides is 1. The summed E-state index contributed by atoms with van der Waals surface area (Å²) in [4.78, 5) is 29.0. The lowest BCUT2D eigenvalue weighted by atomic mass is 9.96. The number of para-hydroxylation sites is 1. The van der Waals surface area contributed by atoms with Crippen molar-refractivity contribution < 1.29 is 9.59 Å². The lowest BCUT2D eigenvalue weighted by Gasteiger charge is -2.19. The molecule has 0 spiro atoms. The Morgan fingerprint density at radius 3 is 2.42 bits per heavy atom. The Bertz CT molecular complexity index is 956. The Labute approximate surface area is 152 Å². The first-order chi connectivity index (χ1) is 12.5. The third-order valence-corrected chi connectivity index (χ3v) is 4.60. The first kappa shape index (κ1) is 17.6. The summed E-state index contributed by atoms with van der Waals surface area (Å²) in [6.07, 6.45) is 1.95. The van der Waals surface area contributed by atoms with Crippen LogP contribution in [0.5, 0.6) is 0 Å². The van der Waals surface area contributed by atoms with Crippen LogP contribution < -0.4 is 11.1 Å². The Morgan fingerprint density at radius 2 is 1.73 bits per heavy atom. The van der Waals surface area contributed by atoms with Gasteiger partial charge < -0.3 is 11.1 Å². The predicted octanol–water partition coefficient (Wildman–Crippen LogP) is 2.68. The van der Waals surface area contributed by atoms with Gasteiger partial charge in [-0.2, -0.15) is 0 Å². The van der Waals surface area contributed by atoms with E-state index in [0.29, 0.717) is 12.0 Å². The third-order valence-electron chi connectivity index (χ3n) is 4.60. The first-order valence-electron chi connectivity index (χ1n) is 8.46. The van der Waals surface area contributed by atoms with E-state index in [1.165, 1.54) is 0 Å². The zero-order valence-electron chi connectivity index (χ0n) is 14.8. The largest absolute Gasteiger partial charge is 0.368 e. The minimum atomic E-state index is -0.783. The lowest BCUT2D eigenvalue weighted by Crippen LogP contribution is -2.46. The molecule has 132 valence electrons. The summed E-state index contributed by atoms with van der Waals surface area (Å²) in [7, 11) is 0. The fourth-order valence-corrected chi connectivity index (χ4v) is 3.13. The molecule has 0 aliphatic heterocycles. The molecular weight excluding hydrogens is 326 g/mol. The molecule has 0 aliphatic rings. The van der Waals surface area contributed by atoms with E-state index in [-0.39, 0.29) is 5.91 Å². The molecule has 5 nitrogen and oxygen atoms in total. The normalized spacial score (nSPS) is 11.9. The van der Waals surface area contributed by atoms with Gasteiger partial charge in [-0.05, 0) is 42.7 Å². The van der Waals surface area contributed by atoms with Crippen LogP contribution in [0.1, 0.15) is 27.0 Å². The molecule has 26 heavy (non-hydrogen) atoms. The minimum absolute atomic E-state index is 0.335. The van der Waals surface area contributed by atoms with E-state index >= 15 is 0 Å². The predicted molar refractivity (Wildman–Crippen MR) is 102 cm³/mol. The van der Waals surface area contributed by atoms with Crippen LogP contribution in [-0.2, 0) is 11.2 Å². The van der Waals surface area contributed by atoms with Crippen molar-refractivity contribution in [2.45, 2.75) is 26.3 Å². The summed E-state index contributed by atoms with van der Waals surface area (Å²) >= 11 is 0. The number of nitrogens with one attached hydrogen (secondary N) is 1. The Balaban J connectivity index is 1.88. The Kier molecular flexibility index (Phi) is 4.98. The standard InChI is InChI=1S/C21H21N3O2/c1-13-6-5-7-14(2)17(13)12-19(20(22)25)24-21(26)16-10-11-23-18-9-4-3-8-15(16)18/h3-11,19H,12H2,1-2H3,(H2,22,25)(H,24,26)/t19-/m0/s1. The number of carbonyl (C=O) groups is 2. The van der Waals surface area contributed by atoms with Gasteiger partial charge in [0.2, 0.25) is 5.91 Å². The number of pyridine rings is 1. The molecule has 0 fully saturated rings. The van der Waals surface area contributed by atoms with Crippen LogP contribution in [0.15, 0.2) is 54.7 Å². The number of aromatic nitrogens is 1. The third kappa shape index (κ3) is 3.57. The van der Waals surface area contributed by atoms with E-state index in [0.717, 1.165) is 27.6 Å². The number of nitrogens with zero attached hydrogens (tertiary/aromatic N) is 1. The van der Waals surface area contributed by atoms with Gasteiger partial charge in [0.1, 0.15) is 6.04 Å². The van der Waals surface area contributed by atoms with Gasteiger partial charge in [-0.15, -0.1) is 0 Å². The average Bonchev–Trinajstić information content (AvgIpc) is 2.63. The van der Waals surface area contributed by atoms with Gasteiger partial charge in [-0.1, -0.05) is 36.4 Å². The van der Waals surface area contributed by atoms with E-state index in [2.05, 4.69) is 10.3 Å². The zero-order chi connectivity index (χ0) is 18.7. The minimum Gasteiger partial charge on any atom is -0.368 e. The highest BCUT2D eigenvalue weighted by atomic mass is 16.2. The molecular formula is C21H21N3O2. The van der Waals surface area contributed by atoms with Crippen molar-refractivity contribution in [1.29, 1.82) is 0 Å². The van der Waals surface area contributed by atoms with Gasteiger partial charge in [0.15, 0.2) is 0 Å². The van der Waals surface area contributed by atoms with Crippen LogP contribution in [0.25, 0.3) is 10.9 Å². The molecule has 0 radical (unpaired) electrons. The second kappa shape index (κ2) is 7.35. The quantitative estimate of drug-likeness (QED) is 0.744. The zero-order valence-corrected chi connectivity index (χ0v) is 14.8. The smallest absolute Gasteiger partial charge is 0.252 e. The monoisotopic (exact) mass is 347 g/mol. The number of amides is 2. The van der Waals surface area contributed by atoms with Crippen molar-refractivity contribution in [3.63, 3.8) is 0 Å². The Morgan fingerprint density at radius 1 is 1.04 bits per heavy atom. The second-order valence-electron chi connectivity index (χ2n) is 6.38. The van der Waals surface area contributed by atoms with Crippen LogP contribution in [0.3, 0.4) is 0 Å². The van der Waals surface area contributed by atoms with Gasteiger partial charge >= 0.3 is 0 Å². The van der Waals surface area contributed by atoms with Crippen LogP contribution in [0, 0.1) is 13.8 Å². The van der Waals surface area contributed by atoms with Crippen molar-refractivity contribution in [2.75, 3.05) is 0 Å². The van der Waals surface area contributed by atoms with Gasteiger partial charge in [0.05, 0.1) is 11.1 Å². The average molecular weight is 347 g/mol. The number of nitrogens with two attached hydrogens (primary N) is 1. The van der Waals surface area contributed by atoms with E-state index < -0.39 is 11.9 Å². The number of rotatable bonds is 5. The molecule has 1 aromatic heterocycles. The molecule has 0 unspecified atom stereocenters. The molecule has 1 atom stereocenters. The molecule has 3 aromatic rings. The topological polar surface area (TPSA) is 85.1 Å². The number of aryl methyl sites for hydroxylation is 2. The van der Waals surface area contributed by atoms with E-state index in [1.807, 2.05) is 56.3 Å². The fraction of sp³-hybridized carbons (Fsp3) is 0.190. The molecule has 0 saturated heterocycles. The maximum absolute atomic E-state index is 12.8. The van der Waals surface area contributed by atoms with E-state index in [1.54, 1.807) is 12.3 Å². The van der Waals surface area contributed by atoms with Gasteiger partial charge in [-0.3, -0.25) is 14.6 Å². The highest BCUT2D eigenvalue weighted by Crippen LogP contribution is 2.18. The summed E-state index contributed by atoms with van der Waals surface area (Å²) in [5.74, 6) is -0.891. The molecule has 0 bridgehead atoms. The summed E-state index contributed by atoms with van der Waals surface area (Å²) in [5, 5.41) is 3.53. The molecule has 2 amide bonds. The number of benzene rings is 2. The molecule has 3 rings (SSSR count). The van der Waals surface area contributed by atoms with Crippen LogP contribution in [-0.4, -0.2) is 22.8 Å². The molecule has 2 aromatic carbocycles. The van der Waals surface area contributed by atoms with Crippen molar-refractivity contribution in [2.24, 2.45) is 5.73 Å². The summed E-state index contributed by atoms with van der Waals surface area (Å²) in [6.45, 7) is 3.97.